The zero-order chi connectivity index (χ0) is 19.6. The standard InChI is InChI=1S/C24H40O3S/c25-28(26,27)24-22(19-12-6-2-7-13-19)16-21(18-10-4-1-5-11-18)17-23(24)20-14-8-3-9-15-20/h16,18-21,23-24H,1-15,17H2,(H,25,26,27). The average Bonchev–Trinajstić information content (AvgIpc) is 2.74. The first-order valence-electron chi connectivity index (χ1n) is 12.2. The second-order valence-corrected chi connectivity index (χ2v) is 11.8. The molecule has 4 heteroatoms. The zero-order valence-electron chi connectivity index (χ0n) is 17.5. The van der Waals surface area contributed by atoms with E-state index in [-0.39, 0.29) is 5.92 Å². The van der Waals surface area contributed by atoms with Gasteiger partial charge in [0.1, 0.15) is 5.25 Å². The molecule has 4 aliphatic carbocycles. The first kappa shape index (κ1) is 20.9. The smallest absolute Gasteiger partial charge is 0.271 e. The second kappa shape index (κ2) is 9.20. The molecule has 0 saturated heterocycles. The van der Waals surface area contributed by atoms with Crippen LogP contribution in [0.1, 0.15) is 103 Å². The maximum Gasteiger partial charge on any atom is 0.271 e. The highest BCUT2D eigenvalue weighted by Crippen LogP contribution is 2.49. The van der Waals surface area contributed by atoms with Gasteiger partial charge in [-0.15, -0.1) is 0 Å². The third-order valence-corrected chi connectivity index (χ3v) is 9.84. The Kier molecular flexibility index (Phi) is 6.87. The van der Waals surface area contributed by atoms with Gasteiger partial charge >= 0.3 is 0 Å². The van der Waals surface area contributed by atoms with Crippen LogP contribution in [-0.4, -0.2) is 18.2 Å². The molecule has 0 spiro atoms. The molecule has 3 atom stereocenters. The van der Waals surface area contributed by atoms with Crippen LogP contribution < -0.4 is 0 Å². The van der Waals surface area contributed by atoms with Crippen molar-refractivity contribution in [2.24, 2.45) is 29.6 Å². The molecule has 28 heavy (non-hydrogen) atoms. The lowest BCUT2D eigenvalue weighted by molar-refractivity contribution is 0.162. The summed E-state index contributed by atoms with van der Waals surface area (Å²) < 4.78 is 35.8. The van der Waals surface area contributed by atoms with Crippen LogP contribution in [0.3, 0.4) is 0 Å². The molecular weight excluding hydrogens is 368 g/mol. The van der Waals surface area contributed by atoms with E-state index in [4.69, 9.17) is 0 Å². The monoisotopic (exact) mass is 408 g/mol. The van der Waals surface area contributed by atoms with Gasteiger partial charge in [0, 0.05) is 0 Å². The van der Waals surface area contributed by atoms with Crippen LogP contribution in [0.5, 0.6) is 0 Å². The van der Waals surface area contributed by atoms with Gasteiger partial charge in [-0.25, -0.2) is 0 Å². The van der Waals surface area contributed by atoms with Crippen molar-refractivity contribution in [1.82, 2.24) is 0 Å². The quantitative estimate of drug-likeness (QED) is 0.424. The van der Waals surface area contributed by atoms with Crippen molar-refractivity contribution in [3.63, 3.8) is 0 Å². The summed E-state index contributed by atoms with van der Waals surface area (Å²) in [6, 6.07) is 0. The molecule has 1 N–H and O–H groups in total. The summed E-state index contributed by atoms with van der Waals surface area (Å²) >= 11 is 0. The first-order valence-corrected chi connectivity index (χ1v) is 13.7. The van der Waals surface area contributed by atoms with Gasteiger partial charge in [-0.1, -0.05) is 82.3 Å². The molecule has 0 aliphatic heterocycles. The summed E-state index contributed by atoms with van der Waals surface area (Å²) in [6.45, 7) is 0. The Bertz CT molecular complexity index is 635. The van der Waals surface area contributed by atoms with Crippen LogP contribution in [0.25, 0.3) is 0 Å². The van der Waals surface area contributed by atoms with E-state index >= 15 is 0 Å². The number of allylic oxidation sites excluding steroid dienone is 1. The fourth-order valence-corrected chi connectivity index (χ4v) is 8.58. The highest BCUT2D eigenvalue weighted by Gasteiger charge is 2.46. The van der Waals surface area contributed by atoms with Crippen LogP contribution in [0.4, 0.5) is 0 Å². The van der Waals surface area contributed by atoms with Crippen molar-refractivity contribution in [2.75, 3.05) is 0 Å². The Morgan fingerprint density at radius 1 is 0.714 bits per heavy atom. The van der Waals surface area contributed by atoms with Crippen LogP contribution >= 0.6 is 0 Å². The van der Waals surface area contributed by atoms with E-state index in [1.807, 2.05) is 0 Å². The van der Waals surface area contributed by atoms with Crippen molar-refractivity contribution in [3.8, 4) is 0 Å². The predicted molar refractivity (Wildman–Crippen MR) is 115 cm³/mol. The molecular formula is C24H40O3S. The van der Waals surface area contributed by atoms with Crippen LogP contribution in [-0.2, 0) is 10.1 Å². The Morgan fingerprint density at radius 3 is 1.75 bits per heavy atom. The molecule has 160 valence electrons. The van der Waals surface area contributed by atoms with Crippen LogP contribution in [0.15, 0.2) is 11.6 Å². The van der Waals surface area contributed by atoms with Crippen molar-refractivity contribution < 1.29 is 13.0 Å². The summed E-state index contributed by atoms with van der Waals surface area (Å²) in [7, 11) is -4.05. The van der Waals surface area contributed by atoms with E-state index in [2.05, 4.69) is 6.08 Å². The SMILES string of the molecule is O=S(=O)(O)C1C(C2CCCCC2)=CC(C2CCCCC2)CC1C1CCCCC1. The summed E-state index contributed by atoms with van der Waals surface area (Å²) in [5.41, 5.74) is 1.14. The maximum absolute atomic E-state index is 12.7. The van der Waals surface area contributed by atoms with E-state index in [1.54, 1.807) is 0 Å². The van der Waals surface area contributed by atoms with Gasteiger partial charge in [-0.05, 0) is 61.7 Å². The zero-order valence-corrected chi connectivity index (χ0v) is 18.3. The van der Waals surface area contributed by atoms with Crippen molar-refractivity contribution >= 4 is 10.1 Å². The molecule has 3 unspecified atom stereocenters. The molecule has 0 amide bonds. The summed E-state index contributed by atoms with van der Waals surface area (Å²) in [5.74, 6) is 2.30. The molecule has 4 aliphatic rings. The van der Waals surface area contributed by atoms with E-state index in [0.717, 1.165) is 43.6 Å². The molecule has 0 heterocycles. The molecule has 4 rings (SSSR count). The van der Waals surface area contributed by atoms with Gasteiger partial charge in [-0.2, -0.15) is 8.42 Å². The molecule has 0 aromatic heterocycles. The third-order valence-electron chi connectivity index (χ3n) is 8.58. The number of hydrogen-bond donors (Lipinski definition) is 1. The van der Waals surface area contributed by atoms with Gasteiger partial charge in [0.05, 0.1) is 0 Å². The fraction of sp³-hybridized carbons (Fsp3) is 0.917. The van der Waals surface area contributed by atoms with E-state index in [9.17, 15) is 13.0 Å². The van der Waals surface area contributed by atoms with E-state index in [0.29, 0.717) is 17.8 Å². The highest BCUT2D eigenvalue weighted by atomic mass is 32.2. The van der Waals surface area contributed by atoms with Crippen LogP contribution in [0, 0.1) is 29.6 Å². The number of rotatable bonds is 4. The molecule has 3 saturated carbocycles. The van der Waals surface area contributed by atoms with Gasteiger partial charge in [0.15, 0.2) is 0 Å². The third kappa shape index (κ3) is 4.69. The predicted octanol–water partition coefficient (Wildman–Crippen LogP) is 6.55. The topological polar surface area (TPSA) is 54.4 Å². The van der Waals surface area contributed by atoms with Crippen molar-refractivity contribution in [1.29, 1.82) is 0 Å². The Labute approximate surface area is 172 Å². The summed E-state index contributed by atoms with van der Waals surface area (Å²) in [5, 5.41) is -0.612. The minimum Gasteiger partial charge on any atom is -0.285 e. The molecule has 0 bridgehead atoms. The van der Waals surface area contributed by atoms with Gasteiger partial charge < -0.3 is 0 Å². The van der Waals surface area contributed by atoms with Crippen LogP contribution in [0.2, 0.25) is 0 Å². The number of hydrogen-bond acceptors (Lipinski definition) is 2. The normalized spacial score (nSPS) is 34.9. The lowest BCUT2D eigenvalue weighted by atomic mass is 9.64. The lowest BCUT2D eigenvalue weighted by Gasteiger charge is -2.45. The summed E-state index contributed by atoms with van der Waals surface area (Å²) in [6.07, 6.45) is 22.1. The fourth-order valence-electron chi connectivity index (χ4n) is 7.19. The second-order valence-electron chi connectivity index (χ2n) is 10.3. The summed E-state index contributed by atoms with van der Waals surface area (Å²) in [4.78, 5) is 0. The molecule has 0 radical (unpaired) electrons. The van der Waals surface area contributed by atoms with E-state index < -0.39 is 15.4 Å². The Morgan fingerprint density at radius 2 is 1.21 bits per heavy atom. The largest absolute Gasteiger partial charge is 0.285 e. The molecule has 3 fully saturated rings. The average molecular weight is 409 g/mol. The Balaban J connectivity index is 1.68. The van der Waals surface area contributed by atoms with Crippen molar-refractivity contribution in [2.45, 2.75) is 108 Å². The first-order chi connectivity index (χ1) is 13.5. The maximum atomic E-state index is 12.7. The Hall–Kier alpha value is -0.350. The van der Waals surface area contributed by atoms with Gasteiger partial charge in [0.25, 0.3) is 10.1 Å². The minimum atomic E-state index is -4.05. The molecule has 0 aromatic carbocycles. The molecule has 3 nitrogen and oxygen atoms in total. The van der Waals surface area contributed by atoms with Crippen molar-refractivity contribution in [3.05, 3.63) is 11.6 Å². The highest BCUT2D eigenvalue weighted by molar-refractivity contribution is 7.86. The molecule has 0 aromatic rings. The van der Waals surface area contributed by atoms with Gasteiger partial charge in [0.2, 0.25) is 0 Å². The van der Waals surface area contributed by atoms with E-state index in [1.165, 1.54) is 70.6 Å². The van der Waals surface area contributed by atoms with Gasteiger partial charge in [-0.3, -0.25) is 4.55 Å². The minimum absolute atomic E-state index is 0.143. The lowest BCUT2D eigenvalue weighted by Crippen LogP contribution is -2.44.